The maximum absolute atomic E-state index is 14.8. The van der Waals surface area contributed by atoms with Gasteiger partial charge < -0.3 is 14.8 Å². The molecule has 1 N–H and O–H groups in total. The smallest absolute Gasteiger partial charge is 0.265 e. The van der Waals surface area contributed by atoms with E-state index < -0.39 is 23.0 Å². The first-order valence-electron chi connectivity index (χ1n) is 10.8. The van der Waals surface area contributed by atoms with Gasteiger partial charge in [0.15, 0.2) is 28.9 Å². The lowest BCUT2D eigenvalue weighted by Gasteiger charge is -2.20. The minimum atomic E-state index is -0.665. The van der Waals surface area contributed by atoms with Crippen LogP contribution in [0.5, 0.6) is 17.2 Å². The number of benzene rings is 2. The Kier molecular flexibility index (Phi) is 5.97. The Labute approximate surface area is 198 Å². The average molecular weight is 475 g/mol. The van der Waals surface area contributed by atoms with Crippen molar-refractivity contribution in [2.24, 2.45) is 0 Å². The van der Waals surface area contributed by atoms with E-state index in [0.29, 0.717) is 41.7 Å². The zero-order chi connectivity index (χ0) is 24.4. The topological polar surface area (TPSA) is 82.4 Å². The quantitative estimate of drug-likeness (QED) is 0.413. The Hall–Kier alpha value is -4.53. The van der Waals surface area contributed by atoms with Crippen LogP contribution in [0, 0.1) is 11.6 Å². The highest BCUT2D eigenvalue weighted by molar-refractivity contribution is 5.97. The number of aromatic nitrogens is 2. The van der Waals surface area contributed by atoms with Crippen LogP contribution in [-0.4, -0.2) is 28.5 Å². The van der Waals surface area contributed by atoms with E-state index >= 15 is 0 Å². The molecule has 35 heavy (non-hydrogen) atoms. The number of nitrogens with zero attached hydrogens (tertiary/aromatic N) is 2. The van der Waals surface area contributed by atoms with Crippen molar-refractivity contribution < 1.29 is 23.0 Å². The normalized spacial score (nSPS) is 12.3. The molecule has 5 rings (SSSR count). The Bertz CT molecular complexity index is 1470. The second-order valence-electron chi connectivity index (χ2n) is 7.80. The van der Waals surface area contributed by atoms with Gasteiger partial charge in [-0.1, -0.05) is 6.07 Å². The lowest BCUT2D eigenvalue weighted by molar-refractivity contribution is 0.0991. The van der Waals surface area contributed by atoms with Gasteiger partial charge in [-0.25, -0.2) is 13.8 Å². The molecule has 0 atom stereocenters. The number of ketones is 1. The molecule has 3 heterocycles. The van der Waals surface area contributed by atoms with E-state index in [9.17, 15) is 18.4 Å². The second kappa shape index (κ2) is 9.38. The summed E-state index contributed by atoms with van der Waals surface area (Å²) in [4.78, 5) is 29.9. The summed E-state index contributed by atoms with van der Waals surface area (Å²) in [6, 6.07) is 14.1. The van der Waals surface area contributed by atoms with Crippen molar-refractivity contribution in [1.82, 2.24) is 9.55 Å². The molecular formula is C26H19F2N3O4. The molecule has 9 heteroatoms. The summed E-state index contributed by atoms with van der Waals surface area (Å²) in [6.45, 7) is 1.04. The number of hydrogen-bond acceptors (Lipinski definition) is 6. The van der Waals surface area contributed by atoms with Gasteiger partial charge in [-0.05, 0) is 54.1 Å². The first-order valence-corrected chi connectivity index (χ1v) is 10.8. The summed E-state index contributed by atoms with van der Waals surface area (Å²) < 4.78 is 40.6. The molecule has 176 valence electrons. The van der Waals surface area contributed by atoms with Gasteiger partial charge in [0.05, 0.1) is 12.1 Å². The third kappa shape index (κ3) is 4.61. The summed E-state index contributed by atoms with van der Waals surface area (Å²) in [5, 5.41) is 3.08. The van der Waals surface area contributed by atoms with E-state index in [-0.39, 0.29) is 17.7 Å². The van der Waals surface area contributed by atoms with Gasteiger partial charge in [-0.2, -0.15) is 0 Å². The van der Waals surface area contributed by atoms with Gasteiger partial charge in [-0.15, -0.1) is 0 Å². The number of ether oxygens (including phenoxy) is 2. The fraction of sp³-hybridized carbons (Fsp3) is 0.115. The van der Waals surface area contributed by atoms with Crippen molar-refractivity contribution in [1.29, 1.82) is 0 Å². The van der Waals surface area contributed by atoms with E-state index in [0.717, 1.165) is 0 Å². The van der Waals surface area contributed by atoms with Crippen LogP contribution in [0.4, 0.5) is 14.6 Å². The maximum Gasteiger partial charge on any atom is 0.265 e. The largest absolute Gasteiger partial charge is 0.485 e. The third-order valence-corrected chi connectivity index (χ3v) is 5.44. The predicted molar refractivity (Wildman–Crippen MR) is 125 cm³/mol. The second-order valence-corrected chi connectivity index (χ2v) is 7.80. The van der Waals surface area contributed by atoms with Gasteiger partial charge in [0.2, 0.25) is 5.75 Å². The van der Waals surface area contributed by atoms with E-state index in [1.54, 1.807) is 18.2 Å². The van der Waals surface area contributed by atoms with Gasteiger partial charge in [-0.3, -0.25) is 14.2 Å². The van der Waals surface area contributed by atoms with Gasteiger partial charge in [0, 0.05) is 30.6 Å². The fourth-order valence-corrected chi connectivity index (χ4v) is 3.75. The Balaban J connectivity index is 1.35. The number of rotatable bonds is 6. The molecule has 0 unspecified atom stereocenters. The maximum atomic E-state index is 14.8. The number of carbonyl (C=O) groups excluding carboxylic acids is 1. The minimum Gasteiger partial charge on any atom is -0.485 e. The number of fused-ring (bicyclic) bond motifs is 1. The molecular weight excluding hydrogens is 456 g/mol. The number of nitrogens with one attached hydrogen (secondary N) is 1. The number of carbonyl (C=O) groups is 1. The van der Waals surface area contributed by atoms with Crippen molar-refractivity contribution >= 4 is 11.6 Å². The van der Waals surface area contributed by atoms with Crippen molar-refractivity contribution in [2.45, 2.75) is 6.42 Å². The molecule has 0 amide bonds. The van der Waals surface area contributed by atoms with Crippen LogP contribution in [-0.2, 0) is 6.42 Å². The van der Waals surface area contributed by atoms with Crippen LogP contribution in [0.1, 0.15) is 15.9 Å². The van der Waals surface area contributed by atoms with Crippen molar-refractivity contribution in [3.8, 4) is 22.9 Å². The van der Waals surface area contributed by atoms with E-state index in [1.165, 1.54) is 59.4 Å². The zero-order valence-corrected chi connectivity index (χ0v) is 18.3. The van der Waals surface area contributed by atoms with Crippen LogP contribution in [0.3, 0.4) is 0 Å². The lowest BCUT2D eigenvalue weighted by atomic mass is 10.0. The highest BCUT2D eigenvalue weighted by atomic mass is 19.1. The first-order chi connectivity index (χ1) is 17.0. The average Bonchev–Trinajstić information content (AvgIpc) is 2.86. The summed E-state index contributed by atoms with van der Waals surface area (Å²) >= 11 is 0. The van der Waals surface area contributed by atoms with Crippen molar-refractivity contribution in [2.75, 3.05) is 18.5 Å². The van der Waals surface area contributed by atoms with Crippen LogP contribution in [0.2, 0.25) is 0 Å². The summed E-state index contributed by atoms with van der Waals surface area (Å²) in [5.74, 6) is -0.373. The summed E-state index contributed by atoms with van der Waals surface area (Å²) in [6.07, 6.45) is 2.84. The standard InChI is InChI=1S/C26H19F2N3O4/c27-17-4-6-18(7-5-17)31-12-1-2-19(26(31)33)21(32)15-16-3-8-22(20(28)14-16)35-23-9-10-29-25-24(23)34-13-11-30-25/h1-10,12,14H,11,13,15H2,(H,29,30). The third-order valence-electron chi connectivity index (χ3n) is 5.44. The van der Waals surface area contributed by atoms with Crippen molar-refractivity contribution in [3.63, 3.8) is 0 Å². The predicted octanol–water partition coefficient (Wildman–Crippen LogP) is 4.53. The van der Waals surface area contributed by atoms with Gasteiger partial charge in [0.25, 0.3) is 5.56 Å². The van der Waals surface area contributed by atoms with Gasteiger partial charge >= 0.3 is 0 Å². The lowest BCUT2D eigenvalue weighted by Crippen LogP contribution is -2.25. The fourth-order valence-electron chi connectivity index (χ4n) is 3.75. The summed E-state index contributed by atoms with van der Waals surface area (Å²) in [7, 11) is 0. The highest BCUT2D eigenvalue weighted by Crippen LogP contribution is 2.38. The molecule has 0 saturated heterocycles. The molecule has 0 radical (unpaired) electrons. The molecule has 0 bridgehead atoms. The number of anilines is 1. The SMILES string of the molecule is O=C(Cc1ccc(Oc2ccnc3c2OCCN3)c(F)c1)c1cccn(-c2ccc(F)cc2)c1=O. The Morgan fingerprint density at radius 3 is 2.71 bits per heavy atom. The Morgan fingerprint density at radius 1 is 1.09 bits per heavy atom. The van der Waals surface area contributed by atoms with E-state index in [4.69, 9.17) is 9.47 Å². The minimum absolute atomic E-state index is 0.0397. The molecule has 2 aromatic heterocycles. The van der Waals surface area contributed by atoms with E-state index in [1.807, 2.05) is 0 Å². The number of pyridine rings is 2. The summed E-state index contributed by atoms with van der Waals surface area (Å²) in [5.41, 5.74) is 0.216. The van der Waals surface area contributed by atoms with Crippen LogP contribution in [0.15, 0.2) is 77.9 Å². The Morgan fingerprint density at radius 2 is 1.91 bits per heavy atom. The molecule has 7 nitrogen and oxygen atoms in total. The molecule has 4 aromatic rings. The molecule has 1 aliphatic heterocycles. The van der Waals surface area contributed by atoms with Crippen LogP contribution >= 0.6 is 0 Å². The number of Topliss-reactive ketones (excluding diaryl/α,β-unsaturated/α-hetero) is 1. The van der Waals surface area contributed by atoms with Crippen LogP contribution in [0.25, 0.3) is 5.69 Å². The molecule has 0 saturated carbocycles. The van der Waals surface area contributed by atoms with Gasteiger partial charge in [0.1, 0.15) is 12.4 Å². The molecule has 0 fully saturated rings. The van der Waals surface area contributed by atoms with Crippen molar-refractivity contribution in [3.05, 3.63) is 106 Å². The molecule has 0 spiro atoms. The number of hydrogen-bond donors (Lipinski definition) is 1. The van der Waals surface area contributed by atoms with E-state index in [2.05, 4.69) is 10.3 Å². The number of halogens is 2. The zero-order valence-electron chi connectivity index (χ0n) is 18.3. The van der Waals surface area contributed by atoms with Crippen LogP contribution < -0.4 is 20.3 Å². The first kappa shape index (κ1) is 22.3. The molecule has 1 aliphatic rings. The highest BCUT2D eigenvalue weighted by Gasteiger charge is 2.19. The molecule has 0 aliphatic carbocycles. The monoisotopic (exact) mass is 475 g/mol. The molecule has 2 aromatic carbocycles.